The summed E-state index contributed by atoms with van der Waals surface area (Å²) >= 11 is 6.13. The van der Waals surface area contributed by atoms with E-state index in [9.17, 15) is 9.59 Å². The standard InChI is InChI=1S/C25H25ClN2O3/c1-18(31-23-15-9-7-13-21(23)26)25(30)28(2)22-14-8-6-12-20(22)24(29)27-17-16-19-10-4-3-5-11-19/h3-15,18H,16-17H2,1-2H3,(H,27,29). The lowest BCUT2D eigenvalue weighted by Crippen LogP contribution is -2.39. The minimum absolute atomic E-state index is 0.231. The van der Waals surface area contributed by atoms with Crippen molar-refractivity contribution in [3.63, 3.8) is 0 Å². The van der Waals surface area contributed by atoms with Crippen molar-refractivity contribution in [1.29, 1.82) is 0 Å². The summed E-state index contributed by atoms with van der Waals surface area (Å²) in [5.74, 6) is -0.0827. The Bertz CT molecular complexity index is 1040. The van der Waals surface area contributed by atoms with Gasteiger partial charge in [-0.15, -0.1) is 0 Å². The van der Waals surface area contributed by atoms with Crippen molar-refractivity contribution in [2.24, 2.45) is 0 Å². The first kappa shape index (κ1) is 22.4. The Labute approximate surface area is 187 Å². The molecule has 1 unspecified atom stereocenters. The topological polar surface area (TPSA) is 58.6 Å². The van der Waals surface area contributed by atoms with Crippen molar-refractivity contribution >= 4 is 29.1 Å². The van der Waals surface area contributed by atoms with Crippen molar-refractivity contribution in [2.75, 3.05) is 18.5 Å². The molecule has 0 radical (unpaired) electrons. The third-order valence-corrected chi connectivity index (χ3v) is 5.18. The lowest BCUT2D eigenvalue weighted by Gasteiger charge is -2.24. The highest BCUT2D eigenvalue weighted by molar-refractivity contribution is 6.32. The largest absolute Gasteiger partial charge is 0.479 e. The number of nitrogens with one attached hydrogen (secondary N) is 1. The Morgan fingerprint density at radius 3 is 2.35 bits per heavy atom. The van der Waals surface area contributed by atoms with Crippen LogP contribution >= 0.6 is 11.6 Å². The summed E-state index contributed by atoms with van der Waals surface area (Å²) in [5.41, 5.74) is 2.09. The van der Waals surface area contributed by atoms with Crippen molar-refractivity contribution < 1.29 is 14.3 Å². The van der Waals surface area contributed by atoms with Gasteiger partial charge in [-0.1, -0.05) is 66.2 Å². The molecule has 3 aromatic rings. The molecule has 3 rings (SSSR count). The highest BCUT2D eigenvalue weighted by Crippen LogP contribution is 2.26. The molecule has 6 heteroatoms. The average molecular weight is 437 g/mol. The van der Waals surface area contributed by atoms with Gasteiger partial charge in [0.05, 0.1) is 16.3 Å². The van der Waals surface area contributed by atoms with E-state index in [0.29, 0.717) is 28.6 Å². The van der Waals surface area contributed by atoms with Gasteiger partial charge < -0.3 is 15.0 Å². The molecule has 2 amide bonds. The van der Waals surface area contributed by atoms with Crippen molar-refractivity contribution in [2.45, 2.75) is 19.4 Å². The first-order chi connectivity index (χ1) is 15.0. The molecule has 160 valence electrons. The van der Waals surface area contributed by atoms with Gasteiger partial charge in [0.25, 0.3) is 11.8 Å². The van der Waals surface area contributed by atoms with Gasteiger partial charge in [-0.2, -0.15) is 0 Å². The number of carbonyl (C=O) groups excluding carboxylic acids is 2. The summed E-state index contributed by atoms with van der Waals surface area (Å²) in [4.78, 5) is 27.2. The average Bonchev–Trinajstić information content (AvgIpc) is 2.80. The quantitative estimate of drug-likeness (QED) is 0.554. The predicted molar refractivity (Wildman–Crippen MR) is 124 cm³/mol. The van der Waals surface area contributed by atoms with E-state index >= 15 is 0 Å². The molecule has 3 aromatic carbocycles. The number of benzene rings is 3. The Morgan fingerprint density at radius 1 is 0.968 bits per heavy atom. The first-order valence-corrected chi connectivity index (χ1v) is 10.4. The summed E-state index contributed by atoms with van der Waals surface area (Å²) in [6.45, 7) is 2.16. The smallest absolute Gasteiger partial charge is 0.267 e. The van der Waals surface area contributed by atoms with Crippen LogP contribution in [0.1, 0.15) is 22.8 Å². The van der Waals surface area contributed by atoms with Gasteiger partial charge in [0.1, 0.15) is 5.75 Å². The van der Waals surface area contributed by atoms with E-state index < -0.39 is 6.10 Å². The summed E-state index contributed by atoms with van der Waals surface area (Å²) in [5, 5.41) is 3.37. The number of ether oxygens (including phenoxy) is 1. The fraction of sp³-hybridized carbons (Fsp3) is 0.200. The fourth-order valence-corrected chi connectivity index (χ4v) is 3.37. The van der Waals surface area contributed by atoms with E-state index in [-0.39, 0.29) is 11.8 Å². The lowest BCUT2D eigenvalue weighted by atomic mass is 10.1. The van der Waals surface area contributed by atoms with Crippen LogP contribution in [0.5, 0.6) is 5.75 Å². The summed E-state index contributed by atoms with van der Waals surface area (Å²) in [6.07, 6.45) is -0.0502. The zero-order valence-corrected chi connectivity index (χ0v) is 18.3. The molecular formula is C25H25ClN2O3. The Hall–Kier alpha value is -3.31. The van der Waals surface area contributed by atoms with Crippen LogP contribution in [0.3, 0.4) is 0 Å². The molecule has 0 saturated heterocycles. The van der Waals surface area contributed by atoms with E-state index in [2.05, 4.69) is 5.32 Å². The molecule has 0 saturated carbocycles. The number of hydrogen-bond acceptors (Lipinski definition) is 3. The second-order valence-electron chi connectivity index (χ2n) is 7.10. The molecule has 0 aliphatic carbocycles. The van der Waals surface area contributed by atoms with Gasteiger partial charge in [0, 0.05) is 13.6 Å². The molecular weight excluding hydrogens is 412 g/mol. The zero-order valence-electron chi connectivity index (χ0n) is 17.5. The summed E-state index contributed by atoms with van der Waals surface area (Å²) in [7, 11) is 1.63. The number of nitrogens with zero attached hydrogens (tertiary/aromatic N) is 1. The number of anilines is 1. The SMILES string of the molecule is CC(Oc1ccccc1Cl)C(=O)N(C)c1ccccc1C(=O)NCCc1ccccc1. The van der Waals surface area contributed by atoms with E-state index in [0.717, 1.165) is 12.0 Å². The Kier molecular flexibility index (Phi) is 7.68. The molecule has 0 aromatic heterocycles. The number of amides is 2. The van der Waals surface area contributed by atoms with Gasteiger partial charge in [0.15, 0.2) is 6.10 Å². The molecule has 0 bridgehead atoms. The van der Waals surface area contributed by atoms with Crippen LogP contribution in [0.2, 0.25) is 5.02 Å². The van der Waals surface area contributed by atoms with Crippen molar-refractivity contribution in [3.8, 4) is 5.75 Å². The second-order valence-corrected chi connectivity index (χ2v) is 7.50. The number of para-hydroxylation sites is 2. The molecule has 0 heterocycles. The van der Waals surface area contributed by atoms with Crippen LogP contribution in [-0.2, 0) is 11.2 Å². The fourth-order valence-electron chi connectivity index (χ4n) is 3.19. The summed E-state index contributed by atoms with van der Waals surface area (Å²) in [6, 6.07) is 23.9. The Balaban J connectivity index is 1.67. The van der Waals surface area contributed by atoms with E-state index in [4.69, 9.17) is 16.3 Å². The van der Waals surface area contributed by atoms with Crippen LogP contribution < -0.4 is 15.0 Å². The highest BCUT2D eigenvalue weighted by atomic mass is 35.5. The number of carbonyl (C=O) groups is 2. The molecule has 0 fully saturated rings. The number of halogens is 1. The molecule has 5 nitrogen and oxygen atoms in total. The number of likely N-dealkylation sites (N-methyl/N-ethyl adjacent to an activating group) is 1. The molecule has 1 atom stereocenters. The predicted octanol–water partition coefficient (Wildman–Crippen LogP) is 4.74. The Morgan fingerprint density at radius 2 is 1.61 bits per heavy atom. The first-order valence-electron chi connectivity index (χ1n) is 10.1. The van der Waals surface area contributed by atoms with E-state index in [1.807, 2.05) is 30.3 Å². The van der Waals surface area contributed by atoms with Crippen LogP contribution in [-0.4, -0.2) is 31.5 Å². The van der Waals surface area contributed by atoms with Gasteiger partial charge >= 0.3 is 0 Å². The third kappa shape index (κ3) is 5.86. The molecule has 0 aliphatic rings. The zero-order chi connectivity index (χ0) is 22.2. The van der Waals surface area contributed by atoms with Crippen LogP contribution in [0.4, 0.5) is 5.69 Å². The van der Waals surface area contributed by atoms with Gasteiger partial charge in [-0.3, -0.25) is 9.59 Å². The minimum Gasteiger partial charge on any atom is -0.479 e. The molecule has 1 N–H and O–H groups in total. The monoisotopic (exact) mass is 436 g/mol. The maximum Gasteiger partial charge on any atom is 0.267 e. The van der Waals surface area contributed by atoms with E-state index in [1.54, 1.807) is 62.5 Å². The second kappa shape index (κ2) is 10.6. The van der Waals surface area contributed by atoms with Crippen LogP contribution in [0.25, 0.3) is 0 Å². The third-order valence-electron chi connectivity index (χ3n) is 4.87. The van der Waals surface area contributed by atoms with Gasteiger partial charge in [-0.25, -0.2) is 0 Å². The maximum absolute atomic E-state index is 13.0. The number of hydrogen-bond donors (Lipinski definition) is 1. The van der Waals surface area contributed by atoms with Crippen molar-refractivity contribution in [3.05, 3.63) is 95.0 Å². The minimum atomic E-state index is -0.779. The maximum atomic E-state index is 13.0. The lowest BCUT2D eigenvalue weighted by molar-refractivity contribution is -0.124. The van der Waals surface area contributed by atoms with Crippen LogP contribution in [0, 0.1) is 0 Å². The summed E-state index contributed by atoms with van der Waals surface area (Å²) < 4.78 is 5.74. The van der Waals surface area contributed by atoms with Gasteiger partial charge in [0.2, 0.25) is 0 Å². The highest BCUT2D eigenvalue weighted by Gasteiger charge is 2.24. The van der Waals surface area contributed by atoms with Crippen LogP contribution in [0.15, 0.2) is 78.9 Å². The van der Waals surface area contributed by atoms with Crippen molar-refractivity contribution in [1.82, 2.24) is 5.32 Å². The van der Waals surface area contributed by atoms with E-state index in [1.165, 1.54) is 4.90 Å². The number of rotatable bonds is 8. The van der Waals surface area contributed by atoms with Gasteiger partial charge in [-0.05, 0) is 43.2 Å². The normalized spacial score (nSPS) is 11.5. The molecule has 31 heavy (non-hydrogen) atoms. The molecule has 0 spiro atoms. The molecule has 0 aliphatic heterocycles.